The summed E-state index contributed by atoms with van der Waals surface area (Å²) in [5, 5.41) is 0. The normalized spacial score (nSPS) is 11.1. The standard InChI is InChI=1S/C11H13O6.3C6H5.Sn/c1-4-15-10(13)9-7(12)6-8(14-3)17-11(9)16-5-2;3*1-2-4-6-5-3-1;/h4-5H2,1-3H3;3*1-5H;. The van der Waals surface area contributed by atoms with Crippen molar-refractivity contribution in [2.24, 2.45) is 0 Å². The number of methoxy groups -OCH3 is 1. The molecule has 0 radical (unpaired) electrons. The number of benzene rings is 3. The minimum absolute atomic E-state index is 0.0452. The Hall–Kier alpha value is -3.52. The number of esters is 1. The molecule has 0 aliphatic rings. The van der Waals surface area contributed by atoms with Crippen molar-refractivity contribution < 1.29 is 23.4 Å². The van der Waals surface area contributed by atoms with Crippen molar-refractivity contribution in [2.75, 3.05) is 20.3 Å². The predicted octanol–water partition coefficient (Wildman–Crippen LogP) is 2.60. The van der Waals surface area contributed by atoms with Crippen molar-refractivity contribution >= 4 is 38.7 Å². The van der Waals surface area contributed by atoms with Gasteiger partial charge in [0.2, 0.25) is 0 Å². The van der Waals surface area contributed by atoms with Crippen molar-refractivity contribution in [3.05, 3.63) is 107 Å². The molecule has 0 aliphatic carbocycles. The zero-order valence-corrected chi connectivity index (χ0v) is 23.4. The fraction of sp³-hybridized carbons (Fsp3) is 0.172. The average Bonchev–Trinajstić information content (AvgIpc) is 2.92. The number of ether oxygens (including phenoxy) is 3. The molecule has 4 aromatic rings. The SMILES string of the molecule is CCOC(=O)c1c(OCC)oc(OC)[c]([Sn]([c]2ccccc2)([c]2ccccc2)[c]2ccccc2)c1=O. The molecule has 0 unspecified atom stereocenters. The molecule has 0 spiro atoms. The molecule has 4 rings (SSSR count). The molecule has 7 heteroatoms. The summed E-state index contributed by atoms with van der Waals surface area (Å²) in [4.78, 5) is 27.5. The Morgan fingerprint density at radius 2 is 1.22 bits per heavy atom. The van der Waals surface area contributed by atoms with Crippen LogP contribution in [0.1, 0.15) is 24.2 Å². The van der Waals surface area contributed by atoms with Gasteiger partial charge in [0.25, 0.3) is 0 Å². The van der Waals surface area contributed by atoms with Gasteiger partial charge in [-0.3, -0.25) is 0 Å². The van der Waals surface area contributed by atoms with Crippen LogP contribution in [0.25, 0.3) is 0 Å². The van der Waals surface area contributed by atoms with Gasteiger partial charge in [-0.25, -0.2) is 0 Å². The van der Waals surface area contributed by atoms with Crippen LogP contribution in [0.2, 0.25) is 0 Å². The molecule has 1 aromatic heterocycles. The van der Waals surface area contributed by atoms with Crippen LogP contribution >= 0.6 is 0 Å². The van der Waals surface area contributed by atoms with Gasteiger partial charge < -0.3 is 0 Å². The molecule has 0 fully saturated rings. The van der Waals surface area contributed by atoms with Gasteiger partial charge >= 0.3 is 215 Å². The van der Waals surface area contributed by atoms with Crippen LogP contribution in [-0.2, 0) is 4.74 Å². The molecule has 0 saturated heterocycles. The summed E-state index contributed by atoms with van der Waals surface area (Å²) in [6, 6.07) is 29.8. The van der Waals surface area contributed by atoms with E-state index in [0.29, 0.717) is 3.58 Å². The summed E-state index contributed by atoms with van der Waals surface area (Å²) >= 11 is -4.46. The van der Waals surface area contributed by atoms with E-state index in [1.807, 2.05) is 91.0 Å². The molecule has 3 aromatic carbocycles. The zero-order valence-electron chi connectivity index (χ0n) is 20.5. The monoisotopic (exact) mass is 592 g/mol. The van der Waals surface area contributed by atoms with E-state index >= 15 is 0 Å². The molecule has 0 bridgehead atoms. The first-order chi connectivity index (χ1) is 17.6. The number of carbonyl (C=O) groups is 1. The number of carbonyl (C=O) groups excluding carboxylic acids is 1. The molecule has 0 N–H and O–H groups in total. The second-order valence-electron chi connectivity index (χ2n) is 7.96. The van der Waals surface area contributed by atoms with E-state index in [0.717, 1.165) is 10.7 Å². The predicted molar refractivity (Wildman–Crippen MR) is 142 cm³/mol. The second kappa shape index (κ2) is 11.5. The summed E-state index contributed by atoms with van der Waals surface area (Å²) in [6.45, 7) is 3.74. The van der Waals surface area contributed by atoms with E-state index in [1.54, 1.807) is 13.8 Å². The van der Waals surface area contributed by atoms with Crippen LogP contribution in [0.4, 0.5) is 0 Å². The van der Waals surface area contributed by atoms with Crippen molar-refractivity contribution in [1.82, 2.24) is 0 Å². The van der Waals surface area contributed by atoms with Gasteiger partial charge in [-0.2, -0.15) is 0 Å². The molecule has 1 heterocycles. The molecule has 0 amide bonds. The molecule has 184 valence electrons. The summed E-state index contributed by atoms with van der Waals surface area (Å²) in [5.41, 5.74) is -0.745. The quantitative estimate of drug-likeness (QED) is 0.220. The van der Waals surface area contributed by atoms with Crippen LogP contribution < -0.4 is 29.2 Å². The molecule has 6 nitrogen and oxygen atoms in total. The van der Waals surface area contributed by atoms with E-state index in [4.69, 9.17) is 18.6 Å². The number of hydrogen-bond donors (Lipinski definition) is 0. The Bertz CT molecular complexity index is 1270. The Balaban J connectivity index is 2.24. The Kier molecular flexibility index (Phi) is 8.15. The number of hydrogen-bond acceptors (Lipinski definition) is 6. The maximum absolute atomic E-state index is 14.5. The minimum atomic E-state index is -4.46. The van der Waals surface area contributed by atoms with E-state index in [-0.39, 0.29) is 30.7 Å². The third kappa shape index (κ3) is 4.53. The summed E-state index contributed by atoms with van der Waals surface area (Å²) < 4.78 is 26.0. The van der Waals surface area contributed by atoms with Crippen molar-refractivity contribution in [1.29, 1.82) is 0 Å². The van der Waals surface area contributed by atoms with Crippen LogP contribution in [0.3, 0.4) is 0 Å². The Labute approximate surface area is 214 Å². The van der Waals surface area contributed by atoms with Crippen LogP contribution in [0.15, 0.2) is 100 Å². The maximum atomic E-state index is 14.5. The Morgan fingerprint density at radius 1 is 0.750 bits per heavy atom. The molecule has 0 atom stereocenters. The van der Waals surface area contributed by atoms with E-state index in [2.05, 4.69) is 0 Å². The first-order valence-corrected chi connectivity index (χ1v) is 17.5. The van der Waals surface area contributed by atoms with Gasteiger partial charge in [0, 0.05) is 0 Å². The van der Waals surface area contributed by atoms with Gasteiger partial charge in [-0.05, 0) is 0 Å². The third-order valence-electron chi connectivity index (χ3n) is 5.98. The van der Waals surface area contributed by atoms with Gasteiger partial charge in [-0.15, -0.1) is 0 Å². The van der Waals surface area contributed by atoms with Gasteiger partial charge in [0.15, 0.2) is 0 Å². The topological polar surface area (TPSA) is 75.0 Å². The van der Waals surface area contributed by atoms with Crippen molar-refractivity contribution in [3.63, 3.8) is 0 Å². The van der Waals surface area contributed by atoms with Crippen molar-refractivity contribution in [3.8, 4) is 11.9 Å². The van der Waals surface area contributed by atoms with Crippen molar-refractivity contribution in [2.45, 2.75) is 13.8 Å². The van der Waals surface area contributed by atoms with E-state index < -0.39 is 29.8 Å². The molecule has 36 heavy (non-hydrogen) atoms. The zero-order chi connectivity index (χ0) is 25.5. The summed E-state index contributed by atoms with van der Waals surface area (Å²) in [5.74, 6) is -0.937. The molecular formula is C29H28O6Sn. The van der Waals surface area contributed by atoms with E-state index in [1.165, 1.54) is 7.11 Å². The molecule has 0 aliphatic heterocycles. The Morgan fingerprint density at radius 3 is 1.61 bits per heavy atom. The first kappa shape index (κ1) is 25.6. The fourth-order valence-electron chi connectivity index (χ4n) is 4.57. The summed E-state index contributed by atoms with van der Waals surface area (Å²) in [6.07, 6.45) is 0. The molecule has 0 saturated carbocycles. The second-order valence-corrected chi connectivity index (χ2v) is 18.6. The first-order valence-electron chi connectivity index (χ1n) is 11.8. The fourth-order valence-corrected chi connectivity index (χ4v) is 18.5. The van der Waals surface area contributed by atoms with Crippen LogP contribution in [0.5, 0.6) is 11.9 Å². The average molecular weight is 591 g/mol. The van der Waals surface area contributed by atoms with Crippen LogP contribution in [-0.4, -0.2) is 44.7 Å². The number of rotatable bonds is 9. The third-order valence-corrected chi connectivity index (χ3v) is 19.6. The van der Waals surface area contributed by atoms with Gasteiger partial charge in [0.05, 0.1) is 0 Å². The summed E-state index contributed by atoms with van der Waals surface area (Å²) in [7, 11) is 1.46. The molecular weight excluding hydrogens is 563 g/mol. The van der Waals surface area contributed by atoms with E-state index in [9.17, 15) is 9.59 Å². The van der Waals surface area contributed by atoms with Crippen LogP contribution in [0, 0.1) is 0 Å². The van der Waals surface area contributed by atoms with Gasteiger partial charge in [-0.1, -0.05) is 0 Å². The van der Waals surface area contributed by atoms with Gasteiger partial charge in [0.1, 0.15) is 0 Å².